The lowest BCUT2D eigenvalue weighted by atomic mass is 10.2. The molecule has 3 rings (SSSR count). The minimum Gasteiger partial charge on any atom is -0.337 e. The minimum atomic E-state index is -0.242. The molecular formula is C13H9FIN3. The van der Waals surface area contributed by atoms with Crippen molar-refractivity contribution in [3.8, 4) is 11.4 Å². The van der Waals surface area contributed by atoms with Gasteiger partial charge >= 0.3 is 0 Å². The van der Waals surface area contributed by atoms with E-state index in [2.05, 4.69) is 37.5 Å². The second kappa shape index (κ2) is 4.31. The predicted molar refractivity (Wildman–Crippen MR) is 76.7 cm³/mol. The molecule has 3 nitrogen and oxygen atoms in total. The molecule has 18 heavy (non-hydrogen) atoms. The van der Waals surface area contributed by atoms with Crippen molar-refractivity contribution in [2.45, 2.75) is 6.92 Å². The van der Waals surface area contributed by atoms with Crippen LogP contribution in [-0.2, 0) is 0 Å². The number of hydrogen-bond donors (Lipinski definition) is 1. The molecule has 90 valence electrons. The van der Waals surface area contributed by atoms with Crippen LogP contribution in [0.2, 0.25) is 0 Å². The lowest BCUT2D eigenvalue weighted by Crippen LogP contribution is -1.86. The average Bonchev–Trinajstić information content (AvgIpc) is 2.71. The summed E-state index contributed by atoms with van der Waals surface area (Å²) < 4.78 is 13.9. The van der Waals surface area contributed by atoms with E-state index in [9.17, 15) is 4.39 Å². The van der Waals surface area contributed by atoms with E-state index in [1.165, 1.54) is 12.1 Å². The molecular weight excluding hydrogens is 344 g/mol. The number of halogens is 2. The fraction of sp³-hybridized carbons (Fsp3) is 0.0769. The number of rotatable bonds is 1. The third-order valence-corrected chi connectivity index (χ3v) is 3.55. The molecule has 0 saturated carbocycles. The van der Waals surface area contributed by atoms with Gasteiger partial charge in [0.15, 0.2) is 5.65 Å². The molecule has 0 aliphatic heterocycles. The van der Waals surface area contributed by atoms with E-state index in [-0.39, 0.29) is 5.82 Å². The van der Waals surface area contributed by atoms with Crippen molar-refractivity contribution in [3.05, 3.63) is 45.4 Å². The van der Waals surface area contributed by atoms with Crippen molar-refractivity contribution in [2.24, 2.45) is 0 Å². The van der Waals surface area contributed by atoms with Crippen molar-refractivity contribution in [2.75, 3.05) is 0 Å². The largest absolute Gasteiger partial charge is 0.337 e. The number of imidazole rings is 1. The Kier molecular flexibility index (Phi) is 2.77. The van der Waals surface area contributed by atoms with Crippen molar-refractivity contribution >= 4 is 33.8 Å². The second-order valence-electron chi connectivity index (χ2n) is 4.09. The Labute approximate surface area is 117 Å². The Morgan fingerprint density at radius 3 is 2.89 bits per heavy atom. The van der Waals surface area contributed by atoms with Crippen LogP contribution < -0.4 is 0 Å². The number of benzene rings is 1. The zero-order chi connectivity index (χ0) is 12.7. The van der Waals surface area contributed by atoms with E-state index in [4.69, 9.17) is 0 Å². The van der Waals surface area contributed by atoms with Crippen LogP contribution >= 0.6 is 22.6 Å². The summed E-state index contributed by atoms with van der Waals surface area (Å²) >= 11 is 2.10. The molecule has 1 aromatic carbocycles. The maximum absolute atomic E-state index is 13.1. The summed E-state index contributed by atoms with van der Waals surface area (Å²) in [4.78, 5) is 11.9. The van der Waals surface area contributed by atoms with E-state index >= 15 is 0 Å². The quantitative estimate of drug-likeness (QED) is 0.679. The Hall–Kier alpha value is -1.50. The van der Waals surface area contributed by atoms with Gasteiger partial charge in [-0.2, -0.15) is 0 Å². The first-order valence-electron chi connectivity index (χ1n) is 5.41. The van der Waals surface area contributed by atoms with Crippen LogP contribution in [0.5, 0.6) is 0 Å². The fourth-order valence-corrected chi connectivity index (χ4v) is 2.55. The van der Waals surface area contributed by atoms with Gasteiger partial charge in [0.1, 0.15) is 11.6 Å². The maximum Gasteiger partial charge on any atom is 0.178 e. The Morgan fingerprint density at radius 1 is 1.28 bits per heavy atom. The zero-order valence-corrected chi connectivity index (χ0v) is 11.7. The number of aromatic amines is 1. The number of nitrogens with one attached hydrogen (secondary N) is 1. The highest BCUT2D eigenvalue weighted by molar-refractivity contribution is 14.1. The van der Waals surface area contributed by atoms with Crippen molar-refractivity contribution in [1.29, 1.82) is 0 Å². The van der Waals surface area contributed by atoms with E-state index in [0.29, 0.717) is 11.5 Å². The van der Waals surface area contributed by atoms with Gasteiger partial charge in [-0.3, -0.25) is 0 Å². The number of aryl methyl sites for hydroxylation is 1. The van der Waals surface area contributed by atoms with Gasteiger partial charge in [-0.1, -0.05) is 0 Å². The standard InChI is InChI=1S/C13H9FIN3/c1-7-4-11-13(16-6-7)18-12(17-11)9-3-2-8(14)5-10(9)15/h2-6H,1H3,(H,16,17,18). The van der Waals surface area contributed by atoms with Crippen molar-refractivity contribution in [1.82, 2.24) is 15.0 Å². The maximum atomic E-state index is 13.1. The molecule has 0 radical (unpaired) electrons. The highest BCUT2D eigenvalue weighted by Crippen LogP contribution is 2.25. The van der Waals surface area contributed by atoms with Gasteiger partial charge in [0.05, 0.1) is 5.52 Å². The van der Waals surface area contributed by atoms with Gasteiger partial charge in [0.25, 0.3) is 0 Å². The van der Waals surface area contributed by atoms with Gasteiger partial charge in [-0.05, 0) is 59.3 Å². The molecule has 0 bridgehead atoms. The van der Waals surface area contributed by atoms with Crippen LogP contribution in [0.1, 0.15) is 5.56 Å². The normalized spacial score (nSPS) is 11.1. The van der Waals surface area contributed by atoms with Crippen LogP contribution in [0.4, 0.5) is 4.39 Å². The number of aromatic nitrogens is 3. The third-order valence-electron chi connectivity index (χ3n) is 2.66. The molecule has 0 aliphatic rings. The summed E-state index contributed by atoms with van der Waals surface area (Å²) in [6.45, 7) is 1.98. The van der Waals surface area contributed by atoms with Crippen molar-refractivity contribution in [3.63, 3.8) is 0 Å². The van der Waals surface area contributed by atoms with Gasteiger partial charge < -0.3 is 4.98 Å². The van der Waals surface area contributed by atoms with Gasteiger partial charge in [-0.25, -0.2) is 14.4 Å². The highest BCUT2D eigenvalue weighted by atomic mass is 127. The van der Waals surface area contributed by atoms with E-state index in [1.807, 2.05) is 13.0 Å². The monoisotopic (exact) mass is 353 g/mol. The molecule has 1 N–H and O–H groups in total. The van der Waals surface area contributed by atoms with Crippen LogP contribution in [0.15, 0.2) is 30.5 Å². The third kappa shape index (κ3) is 1.98. The summed E-state index contributed by atoms with van der Waals surface area (Å²) in [5.41, 5.74) is 3.53. The summed E-state index contributed by atoms with van der Waals surface area (Å²) in [7, 11) is 0. The minimum absolute atomic E-state index is 0.242. The number of H-pyrrole nitrogens is 1. The van der Waals surface area contributed by atoms with Crippen LogP contribution in [0.25, 0.3) is 22.6 Å². The smallest absolute Gasteiger partial charge is 0.178 e. The molecule has 0 fully saturated rings. The first-order chi connectivity index (χ1) is 8.63. The molecule has 0 saturated heterocycles. The second-order valence-corrected chi connectivity index (χ2v) is 5.26. The summed E-state index contributed by atoms with van der Waals surface area (Å²) in [6.07, 6.45) is 1.78. The van der Waals surface area contributed by atoms with Crippen molar-refractivity contribution < 1.29 is 4.39 Å². The lowest BCUT2D eigenvalue weighted by molar-refractivity contribution is 0.627. The zero-order valence-electron chi connectivity index (χ0n) is 9.54. The van der Waals surface area contributed by atoms with Gasteiger partial charge in [0.2, 0.25) is 0 Å². The summed E-state index contributed by atoms with van der Waals surface area (Å²) in [6, 6.07) is 6.64. The molecule has 2 aromatic heterocycles. The molecule has 0 amide bonds. The Bertz CT molecular complexity index is 736. The first kappa shape index (κ1) is 11.6. The average molecular weight is 353 g/mol. The topological polar surface area (TPSA) is 41.6 Å². The molecule has 2 heterocycles. The number of pyridine rings is 1. The number of hydrogen-bond acceptors (Lipinski definition) is 2. The molecule has 3 aromatic rings. The van der Waals surface area contributed by atoms with E-state index in [1.54, 1.807) is 12.3 Å². The number of fused-ring (bicyclic) bond motifs is 1. The lowest BCUT2D eigenvalue weighted by Gasteiger charge is -2.00. The van der Waals surface area contributed by atoms with Crippen LogP contribution in [0.3, 0.4) is 0 Å². The fourth-order valence-electron chi connectivity index (χ4n) is 1.81. The summed E-state index contributed by atoms with van der Waals surface area (Å²) in [5, 5.41) is 0. The Morgan fingerprint density at radius 2 is 2.11 bits per heavy atom. The SMILES string of the molecule is Cc1cnc2nc(-c3ccc(F)cc3I)[nH]c2c1. The molecule has 0 unspecified atom stereocenters. The molecule has 5 heteroatoms. The molecule has 0 aliphatic carbocycles. The predicted octanol–water partition coefficient (Wildman–Crippen LogP) is 3.68. The van der Waals surface area contributed by atoms with E-state index < -0.39 is 0 Å². The summed E-state index contributed by atoms with van der Waals surface area (Å²) in [5.74, 6) is 0.473. The van der Waals surface area contributed by atoms with Gasteiger partial charge in [0, 0.05) is 15.3 Å². The molecule has 0 atom stereocenters. The highest BCUT2D eigenvalue weighted by Gasteiger charge is 2.10. The van der Waals surface area contributed by atoms with Gasteiger partial charge in [-0.15, -0.1) is 0 Å². The van der Waals surface area contributed by atoms with E-state index in [0.717, 1.165) is 20.2 Å². The van der Waals surface area contributed by atoms with Crippen LogP contribution in [0, 0.1) is 16.3 Å². The molecule has 0 spiro atoms. The number of nitrogens with zero attached hydrogens (tertiary/aromatic N) is 2. The Balaban J connectivity index is 2.19. The van der Waals surface area contributed by atoms with Crippen LogP contribution in [-0.4, -0.2) is 15.0 Å². The first-order valence-corrected chi connectivity index (χ1v) is 6.49.